The van der Waals surface area contributed by atoms with Crippen LogP contribution < -0.4 is 16.2 Å². The molecule has 2 aliphatic carbocycles. The molecule has 4 rings (SSSR count). The van der Waals surface area contributed by atoms with E-state index >= 15 is 0 Å². The number of anilines is 1. The van der Waals surface area contributed by atoms with Gasteiger partial charge in [0.2, 0.25) is 12.4 Å². The van der Waals surface area contributed by atoms with Crippen molar-refractivity contribution in [1.29, 1.82) is 0 Å². The van der Waals surface area contributed by atoms with Gasteiger partial charge in [-0.3, -0.25) is 9.59 Å². The van der Waals surface area contributed by atoms with E-state index in [0.29, 0.717) is 35.2 Å². The lowest BCUT2D eigenvalue weighted by Gasteiger charge is -2.22. The van der Waals surface area contributed by atoms with Crippen molar-refractivity contribution in [1.82, 2.24) is 19.9 Å². The van der Waals surface area contributed by atoms with Gasteiger partial charge < -0.3 is 15.2 Å². The van der Waals surface area contributed by atoms with Gasteiger partial charge in [-0.2, -0.15) is 0 Å². The minimum absolute atomic E-state index is 0.0342. The molecule has 2 heterocycles. The summed E-state index contributed by atoms with van der Waals surface area (Å²) in [7, 11) is 1.56. The quantitative estimate of drug-likeness (QED) is 0.747. The highest BCUT2D eigenvalue weighted by molar-refractivity contribution is 6.32. The molecular weight excluding hydrogens is 378 g/mol. The second kappa shape index (κ2) is 9.68. The Labute approximate surface area is 169 Å². The molecule has 7 nitrogen and oxygen atoms in total. The maximum Gasteiger partial charge on any atom is 0.250 e. The van der Waals surface area contributed by atoms with Gasteiger partial charge >= 0.3 is 0 Å². The summed E-state index contributed by atoms with van der Waals surface area (Å²) in [6.45, 7) is 0. The number of amides is 1. The second-order valence-electron chi connectivity index (χ2n) is 7.17. The minimum Gasteiger partial charge on any atom is -0.362 e. The Hall–Kier alpha value is -2.41. The number of aromatic nitrogens is 3. The van der Waals surface area contributed by atoms with Gasteiger partial charge in [0.15, 0.2) is 0 Å². The normalized spacial score (nSPS) is 16.6. The highest BCUT2D eigenvalue weighted by Gasteiger charge is 2.25. The zero-order valence-electron chi connectivity index (χ0n) is 16.0. The molecule has 2 aliphatic rings. The van der Waals surface area contributed by atoms with Crippen molar-refractivity contribution < 1.29 is 4.79 Å². The fourth-order valence-electron chi connectivity index (χ4n) is 3.35. The number of hydrogen-bond donors (Lipinski definition) is 2. The van der Waals surface area contributed by atoms with Crippen LogP contribution in [0.1, 0.15) is 51.0 Å². The van der Waals surface area contributed by atoms with E-state index in [0.717, 1.165) is 31.2 Å². The fraction of sp³-hybridized carbons (Fsp3) is 0.500. The number of halogens is 1. The maximum absolute atomic E-state index is 12.0. The van der Waals surface area contributed by atoms with Gasteiger partial charge in [-0.15, -0.1) is 0 Å². The summed E-state index contributed by atoms with van der Waals surface area (Å²) in [5.74, 6) is 0.616. The topological polar surface area (TPSA) is 88.9 Å². The fourth-order valence-corrected chi connectivity index (χ4v) is 3.55. The molecule has 150 valence electrons. The molecule has 0 radical (unpaired) electrons. The molecule has 0 aliphatic heterocycles. The highest BCUT2D eigenvalue weighted by atomic mass is 35.5. The lowest BCUT2D eigenvalue weighted by atomic mass is 9.96. The summed E-state index contributed by atoms with van der Waals surface area (Å²) in [5, 5.41) is 6.18. The van der Waals surface area contributed by atoms with Crippen LogP contribution in [0.4, 0.5) is 5.95 Å². The van der Waals surface area contributed by atoms with Crippen LogP contribution in [-0.4, -0.2) is 34.0 Å². The third kappa shape index (κ3) is 5.32. The van der Waals surface area contributed by atoms with Crippen LogP contribution in [0.3, 0.4) is 0 Å². The Morgan fingerprint density at radius 2 is 1.89 bits per heavy atom. The van der Waals surface area contributed by atoms with Gasteiger partial charge in [0, 0.05) is 37.0 Å². The molecule has 2 saturated carbocycles. The first-order valence-electron chi connectivity index (χ1n) is 9.75. The summed E-state index contributed by atoms with van der Waals surface area (Å²) in [4.78, 5) is 30.0. The Bertz CT molecular complexity index is 860. The van der Waals surface area contributed by atoms with Crippen molar-refractivity contribution in [3.8, 4) is 11.3 Å². The molecule has 2 aromatic rings. The lowest BCUT2D eigenvalue weighted by Crippen LogP contribution is -2.23. The summed E-state index contributed by atoms with van der Waals surface area (Å²) in [6, 6.07) is 4.16. The van der Waals surface area contributed by atoms with E-state index in [1.54, 1.807) is 29.9 Å². The van der Waals surface area contributed by atoms with E-state index in [2.05, 4.69) is 20.6 Å². The van der Waals surface area contributed by atoms with E-state index in [4.69, 9.17) is 16.4 Å². The Kier molecular flexibility index (Phi) is 7.03. The smallest absolute Gasteiger partial charge is 0.250 e. The predicted octanol–water partition coefficient (Wildman–Crippen LogP) is 3.40. The van der Waals surface area contributed by atoms with E-state index in [9.17, 15) is 4.79 Å². The van der Waals surface area contributed by atoms with Gasteiger partial charge in [0.25, 0.3) is 5.56 Å². The summed E-state index contributed by atoms with van der Waals surface area (Å²) in [6.07, 6.45) is 12.4. The van der Waals surface area contributed by atoms with Crippen LogP contribution in [0.5, 0.6) is 0 Å². The zero-order chi connectivity index (χ0) is 19.9. The van der Waals surface area contributed by atoms with E-state index in [-0.39, 0.29) is 5.56 Å². The molecule has 8 heteroatoms. The zero-order valence-corrected chi connectivity index (χ0v) is 16.8. The first kappa shape index (κ1) is 20.3. The molecular formula is C20H26ClN5O2. The molecule has 0 saturated heterocycles. The lowest BCUT2D eigenvalue weighted by molar-refractivity contribution is -0.109. The van der Waals surface area contributed by atoms with Crippen LogP contribution in [0.25, 0.3) is 11.3 Å². The van der Waals surface area contributed by atoms with Crippen LogP contribution in [0, 0.1) is 0 Å². The number of pyridine rings is 1. The summed E-state index contributed by atoms with van der Waals surface area (Å²) < 4.78 is 1.79. The predicted molar refractivity (Wildman–Crippen MR) is 111 cm³/mol. The minimum atomic E-state index is 0.0342. The molecule has 1 amide bonds. The number of carbonyl (C=O) groups excluding carboxylic acids is 1. The SMILES string of the molecule is CNC=O.O=c1ccc(-c2nc(NC3CCCCC3)ncc2Cl)cn1C1CC1. The van der Waals surface area contributed by atoms with Crippen molar-refractivity contribution >= 4 is 24.0 Å². The van der Waals surface area contributed by atoms with Crippen molar-refractivity contribution in [2.45, 2.75) is 57.0 Å². The third-order valence-electron chi connectivity index (χ3n) is 4.95. The number of hydrogen-bond acceptors (Lipinski definition) is 5. The van der Waals surface area contributed by atoms with Crippen LogP contribution in [0.15, 0.2) is 29.3 Å². The monoisotopic (exact) mass is 403 g/mol. The van der Waals surface area contributed by atoms with Gasteiger partial charge in [0.1, 0.15) is 0 Å². The average molecular weight is 404 g/mol. The van der Waals surface area contributed by atoms with Crippen molar-refractivity contribution in [3.05, 3.63) is 39.9 Å². The largest absolute Gasteiger partial charge is 0.362 e. The van der Waals surface area contributed by atoms with Crippen LogP contribution >= 0.6 is 11.6 Å². The van der Waals surface area contributed by atoms with E-state index in [1.807, 2.05) is 6.20 Å². The molecule has 28 heavy (non-hydrogen) atoms. The standard InChI is InChI=1S/C18H21ClN4O.C2H5NO/c19-15-10-20-18(21-13-4-2-1-3-5-13)22-17(15)12-6-9-16(24)23(11-12)14-7-8-14;1-3-2-4/h6,9-11,13-14H,1-5,7-8H2,(H,20,21,22);2H,1H3,(H,3,4). The van der Waals surface area contributed by atoms with Crippen molar-refractivity contribution in [2.75, 3.05) is 12.4 Å². The molecule has 0 bridgehead atoms. The number of rotatable bonds is 5. The summed E-state index contributed by atoms with van der Waals surface area (Å²) >= 11 is 6.32. The first-order chi connectivity index (χ1) is 13.6. The number of carbonyl (C=O) groups is 1. The van der Waals surface area contributed by atoms with Gasteiger partial charge in [-0.05, 0) is 31.7 Å². The van der Waals surface area contributed by atoms with Gasteiger partial charge in [-0.25, -0.2) is 9.97 Å². The Morgan fingerprint density at radius 3 is 2.54 bits per heavy atom. The molecule has 0 spiro atoms. The van der Waals surface area contributed by atoms with Crippen LogP contribution in [-0.2, 0) is 4.79 Å². The molecule has 0 unspecified atom stereocenters. The van der Waals surface area contributed by atoms with Crippen molar-refractivity contribution in [3.63, 3.8) is 0 Å². The molecule has 0 aromatic carbocycles. The third-order valence-corrected chi connectivity index (χ3v) is 5.23. The first-order valence-corrected chi connectivity index (χ1v) is 10.1. The maximum atomic E-state index is 12.0. The van der Waals surface area contributed by atoms with E-state index < -0.39 is 0 Å². The van der Waals surface area contributed by atoms with Crippen molar-refractivity contribution in [2.24, 2.45) is 0 Å². The van der Waals surface area contributed by atoms with E-state index in [1.165, 1.54) is 19.3 Å². The molecule has 2 fully saturated rings. The number of nitrogens with one attached hydrogen (secondary N) is 2. The van der Waals surface area contributed by atoms with Crippen LogP contribution in [0.2, 0.25) is 5.02 Å². The molecule has 2 aromatic heterocycles. The highest BCUT2D eigenvalue weighted by Crippen LogP contribution is 2.35. The van der Waals surface area contributed by atoms with Gasteiger partial charge in [-0.1, -0.05) is 30.9 Å². The Balaban J connectivity index is 0.000000516. The second-order valence-corrected chi connectivity index (χ2v) is 7.58. The summed E-state index contributed by atoms with van der Waals surface area (Å²) in [5.41, 5.74) is 1.58. The number of nitrogens with zero attached hydrogens (tertiary/aromatic N) is 3. The van der Waals surface area contributed by atoms with Gasteiger partial charge in [0.05, 0.1) is 16.9 Å². The average Bonchev–Trinajstić information content (AvgIpc) is 3.56. The Morgan fingerprint density at radius 1 is 1.18 bits per heavy atom. The molecule has 0 atom stereocenters. The molecule has 2 N–H and O–H groups in total.